The van der Waals surface area contributed by atoms with Crippen LogP contribution in [0.2, 0.25) is 0 Å². The lowest BCUT2D eigenvalue weighted by molar-refractivity contribution is 0.797. The highest BCUT2D eigenvalue weighted by atomic mass is 32.2. The molecule has 1 nitrogen and oxygen atoms in total. The molecule has 0 radical (unpaired) electrons. The summed E-state index contributed by atoms with van der Waals surface area (Å²) in [6.07, 6.45) is 0. The van der Waals surface area contributed by atoms with Gasteiger partial charge in [-0.15, -0.1) is 23.1 Å². The predicted molar refractivity (Wildman–Crippen MR) is 82.4 cm³/mol. The smallest absolute Gasteiger partial charge is 0.0656 e. The summed E-state index contributed by atoms with van der Waals surface area (Å²) in [5.74, 6) is 0. The molecule has 2 N–H and O–H groups in total. The fraction of sp³-hybridized carbons (Fsp3) is 0.333. The van der Waals surface area contributed by atoms with E-state index in [1.165, 1.54) is 15.3 Å². The molecule has 0 saturated carbocycles. The van der Waals surface area contributed by atoms with Crippen molar-refractivity contribution in [1.29, 1.82) is 0 Å². The SMILES string of the molecule is CC(C)(C)Sc1ccccc1[C@@H](N)c1cccs1. The van der Waals surface area contributed by atoms with E-state index in [1.807, 2.05) is 11.8 Å². The molecule has 1 heterocycles. The molecule has 0 aliphatic rings. The van der Waals surface area contributed by atoms with Crippen molar-refractivity contribution in [2.75, 3.05) is 0 Å². The number of hydrogen-bond acceptors (Lipinski definition) is 3. The first-order valence-electron chi connectivity index (χ1n) is 6.04. The van der Waals surface area contributed by atoms with Crippen molar-refractivity contribution in [3.05, 3.63) is 52.2 Å². The molecule has 1 atom stereocenters. The van der Waals surface area contributed by atoms with E-state index >= 15 is 0 Å². The molecule has 0 spiro atoms. The Balaban J connectivity index is 2.33. The van der Waals surface area contributed by atoms with Crippen LogP contribution < -0.4 is 5.73 Å². The summed E-state index contributed by atoms with van der Waals surface area (Å²) in [6, 6.07) is 12.6. The summed E-state index contributed by atoms with van der Waals surface area (Å²) in [4.78, 5) is 2.50. The fourth-order valence-corrected chi connectivity index (χ4v) is 3.65. The standard InChI is InChI=1S/C15H19NS2/c1-15(2,3)18-12-8-5-4-7-11(12)14(16)13-9-6-10-17-13/h4-10,14H,16H2,1-3H3/t14-/m1/s1. The van der Waals surface area contributed by atoms with Crippen molar-refractivity contribution < 1.29 is 0 Å². The van der Waals surface area contributed by atoms with Crippen LogP contribution in [0.5, 0.6) is 0 Å². The lowest BCUT2D eigenvalue weighted by Gasteiger charge is -2.22. The quantitative estimate of drug-likeness (QED) is 0.824. The molecule has 0 saturated heterocycles. The third-order valence-electron chi connectivity index (χ3n) is 2.52. The summed E-state index contributed by atoms with van der Waals surface area (Å²) in [5.41, 5.74) is 7.60. The third kappa shape index (κ3) is 3.37. The second-order valence-electron chi connectivity index (χ2n) is 5.25. The van der Waals surface area contributed by atoms with E-state index < -0.39 is 0 Å². The van der Waals surface area contributed by atoms with Crippen LogP contribution in [0.1, 0.15) is 37.3 Å². The highest BCUT2D eigenvalue weighted by Crippen LogP contribution is 2.37. The maximum absolute atomic E-state index is 6.38. The molecule has 0 amide bonds. The monoisotopic (exact) mass is 277 g/mol. The first-order valence-corrected chi connectivity index (χ1v) is 7.74. The summed E-state index contributed by atoms with van der Waals surface area (Å²) in [7, 11) is 0. The molecule has 1 aromatic carbocycles. The van der Waals surface area contributed by atoms with Gasteiger partial charge >= 0.3 is 0 Å². The predicted octanol–water partition coefficient (Wildman–Crippen LogP) is 4.69. The van der Waals surface area contributed by atoms with E-state index in [1.54, 1.807) is 11.3 Å². The molecule has 96 valence electrons. The normalized spacial score (nSPS) is 13.6. The van der Waals surface area contributed by atoms with E-state index in [-0.39, 0.29) is 10.8 Å². The topological polar surface area (TPSA) is 26.0 Å². The molecule has 0 aliphatic carbocycles. The van der Waals surface area contributed by atoms with Gasteiger partial charge in [0.25, 0.3) is 0 Å². The Labute approximate surface area is 117 Å². The van der Waals surface area contributed by atoms with Crippen molar-refractivity contribution in [2.24, 2.45) is 5.73 Å². The van der Waals surface area contributed by atoms with Gasteiger partial charge in [0, 0.05) is 14.5 Å². The maximum Gasteiger partial charge on any atom is 0.0656 e. The second-order valence-corrected chi connectivity index (χ2v) is 8.09. The average molecular weight is 277 g/mol. The lowest BCUT2D eigenvalue weighted by atomic mass is 10.1. The van der Waals surface area contributed by atoms with Gasteiger partial charge in [-0.2, -0.15) is 0 Å². The molecule has 1 aromatic heterocycles. The van der Waals surface area contributed by atoms with Gasteiger partial charge in [-0.05, 0) is 23.1 Å². The minimum absolute atomic E-state index is 0.0175. The zero-order valence-electron chi connectivity index (χ0n) is 11.0. The molecular formula is C15H19NS2. The molecule has 18 heavy (non-hydrogen) atoms. The highest BCUT2D eigenvalue weighted by molar-refractivity contribution is 8.00. The van der Waals surface area contributed by atoms with Crippen molar-refractivity contribution in [2.45, 2.75) is 36.5 Å². The Morgan fingerprint density at radius 1 is 1.11 bits per heavy atom. The minimum Gasteiger partial charge on any atom is -0.320 e. The molecule has 2 rings (SSSR count). The molecule has 0 aliphatic heterocycles. The van der Waals surface area contributed by atoms with E-state index in [4.69, 9.17) is 5.73 Å². The van der Waals surface area contributed by atoms with Gasteiger partial charge in [-0.3, -0.25) is 0 Å². The Kier molecular flexibility index (Phi) is 4.15. The zero-order chi connectivity index (χ0) is 13.2. The van der Waals surface area contributed by atoms with Gasteiger partial charge < -0.3 is 5.73 Å². The Morgan fingerprint density at radius 2 is 1.83 bits per heavy atom. The fourth-order valence-electron chi connectivity index (χ4n) is 1.78. The van der Waals surface area contributed by atoms with E-state index in [2.05, 4.69) is 62.5 Å². The van der Waals surface area contributed by atoms with E-state index in [0.29, 0.717) is 0 Å². The summed E-state index contributed by atoms with van der Waals surface area (Å²) in [5, 5.41) is 2.08. The molecule has 0 fully saturated rings. The van der Waals surface area contributed by atoms with Gasteiger partial charge in [0.05, 0.1) is 6.04 Å². The number of thioether (sulfide) groups is 1. The van der Waals surface area contributed by atoms with Gasteiger partial charge in [-0.1, -0.05) is 45.0 Å². The second kappa shape index (κ2) is 5.47. The number of nitrogens with two attached hydrogens (primary N) is 1. The number of rotatable bonds is 3. The Morgan fingerprint density at radius 3 is 2.44 bits per heavy atom. The van der Waals surface area contributed by atoms with Crippen LogP contribution in [-0.4, -0.2) is 4.75 Å². The van der Waals surface area contributed by atoms with Gasteiger partial charge in [0.1, 0.15) is 0 Å². The molecule has 0 unspecified atom stereocenters. The van der Waals surface area contributed by atoms with Crippen molar-refractivity contribution >= 4 is 23.1 Å². The van der Waals surface area contributed by atoms with Crippen molar-refractivity contribution in [3.63, 3.8) is 0 Å². The van der Waals surface area contributed by atoms with E-state index in [9.17, 15) is 0 Å². The first kappa shape index (κ1) is 13.7. The van der Waals surface area contributed by atoms with Crippen LogP contribution in [0.25, 0.3) is 0 Å². The van der Waals surface area contributed by atoms with Crippen LogP contribution in [0.4, 0.5) is 0 Å². The van der Waals surface area contributed by atoms with Gasteiger partial charge in [-0.25, -0.2) is 0 Å². The molecule has 0 bridgehead atoms. The van der Waals surface area contributed by atoms with Crippen LogP contribution in [0, 0.1) is 0 Å². The Hall–Kier alpha value is -0.770. The van der Waals surface area contributed by atoms with E-state index in [0.717, 1.165) is 0 Å². The first-order chi connectivity index (χ1) is 8.47. The van der Waals surface area contributed by atoms with Gasteiger partial charge in [0.2, 0.25) is 0 Å². The lowest BCUT2D eigenvalue weighted by Crippen LogP contribution is -2.13. The largest absolute Gasteiger partial charge is 0.320 e. The Bertz CT molecular complexity index is 497. The van der Waals surface area contributed by atoms with Gasteiger partial charge in [0.15, 0.2) is 0 Å². The summed E-state index contributed by atoms with van der Waals surface area (Å²) in [6.45, 7) is 6.68. The molecular weight excluding hydrogens is 258 g/mol. The minimum atomic E-state index is -0.0175. The molecule has 2 aromatic rings. The number of benzene rings is 1. The van der Waals surface area contributed by atoms with Crippen LogP contribution in [0.15, 0.2) is 46.7 Å². The van der Waals surface area contributed by atoms with Crippen LogP contribution in [0.3, 0.4) is 0 Å². The highest BCUT2D eigenvalue weighted by Gasteiger charge is 2.18. The maximum atomic E-state index is 6.38. The van der Waals surface area contributed by atoms with Crippen molar-refractivity contribution in [1.82, 2.24) is 0 Å². The van der Waals surface area contributed by atoms with Crippen molar-refractivity contribution in [3.8, 4) is 0 Å². The molecule has 3 heteroatoms. The van der Waals surface area contributed by atoms with Crippen LogP contribution >= 0.6 is 23.1 Å². The third-order valence-corrected chi connectivity index (χ3v) is 4.68. The summed E-state index contributed by atoms with van der Waals surface area (Å²) < 4.78 is 0.200. The zero-order valence-corrected chi connectivity index (χ0v) is 12.6. The van der Waals surface area contributed by atoms with Crippen LogP contribution in [-0.2, 0) is 0 Å². The number of hydrogen-bond donors (Lipinski definition) is 1. The average Bonchev–Trinajstić information content (AvgIpc) is 2.80. The number of thiophene rings is 1. The summed E-state index contributed by atoms with van der Waals surface area (Å²) >= 11 is 3.60.